The number of aryl methyl sites for hydroxylation is 1. The lowest BCUT2D eigenvalue weighted by Gasteiger charge is -2.09. The van der Waals surface area contributed by atoms with E-state index in [9.17, 15) is 14.4 Å². The van der Waals surface area contributed by atoms with Crippen LogP contribution in [0.2, 0.25) is 0 Å². The van der Waals surface area contributed by atoms with Gasteiger partial charge in [-0.05, 0) is 42.8 Å². The molecule has 1 aromatic heterocycles. The number of hydrogen-bond acceptors (Lipinski definition) is 8. The van der Waals surface area contributed by atoms with Gasteiger partial charge in [-0.1, -0.05) is 19.1 Å². The van der Waals surface area contributed by atoms with Gasteiger partial charge in [0, 0.05) is 21.5 Å². The molecule has 1 amide bonds. The first-order valence-electron chi connectivity index (χ1n) is 10.2. The molecule has 0 saturated heterocycles. The largest absolute Gasteiger partial charge is 0.454 e. The highest BCUT2D eigenvalue weighted by molar-refractivity contribution is 8.00. The zero-order valence-electron chi connectivity index (χ0n) is 17.8. The molecule has 0 radical (unpaired) electrons. The van der Waals surface area contributed by atoms with Crippen molar-refractivity contribution in [1.29, 1.82) is 0 Å². The molecule has 0 atom stereocenters. The number of rotatable bonds is 9. The number of benzene rings is 2. The topological polar surface area (TPSA) is 90.9 Å². The fourth-order valence-corrected chi connectivity index (χ4v) is 4.79. The van der Waals surface area contributed by atoms with E-state index >= 15 is 0 Å². The molecule has 170 valence electrons. The number of fused-ring (bicyclic) bond motifs is 1. The second-order valence-electron chi connectivity index (χ2n) is 7.02. The fraction of sp³-hybridized carbons (Fsp3) is 0.208. The van der Waals surface area contributed by atoms with Crippen molar-refractivity contribution in [2.24, 2.45) is 0 Å². The lowest BCUT2D eigenvalue weighted by Crippen LogP contribution is -2.16. The Balaban J connectivity index is 1.32. The van der Waals surface area contributed by atoms with Gasteiger partial charge in [-0.25, -0.2) is 4.79 Å². The minimum absolute atomic E-state index is 0.0899. The van der Waals surface area contributed by atoms with Crippen molar-refractivity contribution in [1.82, 2.24) is 0 Å². The third-order valence-corrected chi connectivity index (χ3v) is 7.09. The summed E-state index contributed by atoms with van der Waals surface area (Å²) in [5.74, 6) is 0.236. The predicted molar refractivity (Wildman–Crippen MR) is 127 cm³/mol. The summed E-state index contributed by atoms with van der Waals surface area (Å²) in [4.78, 5) is 39.6. The molecule has 4 rings (SSSR count). The van der Waals surface area contributed by atoms with E-state index in [0.717, 1.165) is 11.3 Å². The van der Waals surface area contributed by atoms with Crippen molar-refractivity contribution in [3.05, 3.63) is 69.9 Å². The monoisotopic (exact) mass is 483 g/mol. The second kappa shape index (κ2) is 10.5. The molecular weight excluding hydrogens is 462 g/mol. The normalized spacial score (nSPS) is 11.8. The summed E-state index contributed by atoms with van der Waals surface area (Å²) < 4.78 is 15.8. The van der Waals surface area contributed by atoms with Crippen LogP contribution in [0.3, 0.4) is 0 Å². The van der Waals surface area contributed by atoms with Gasteiger partial charge in [0.25, 0.3) is 0 Å². The van der Waals surface area contributed by atoms with Crippen LogP contribution in [0.15, 0.2) is 59.5 Å². The number of ether oxygens (including phenoxy) is 3. The first-order valence-corrected chi connectivity index (χ1v) is 12.0. The number of Topliss-reactive ketones (excluding diaryl/α,β-unsaturated/α-hetero) is 1. The van der Waals surface area contributed by atoms with Gasteiger partial charge in [-0.2, -0.15) is 0 Å². The van der Waals surface area contributed by atoms with Crippen LogP contribution in [0.5, 0.6) is 11.5 Å². The molecule has 0 spiro atoms. The van der Waals surface area contributed by atoms with Crippen LogP contribution < -0.4 is 14.8 Å². The molecule has 1 N–H and O–H groups in total. The highest BCUT2D eigenvalue weighted by Gasteiger charge is 2.18. The summed E-state index contributed by atoms with van der Waals surface area (Å²) in [6.07, 6.45) is 0.852. The third kappa shape index (κ3) is 5.74. The van der Waals surface area contributed by atoms with Crippen LogP contribution in [0.4, 0.5) is 5.69 Å². The Bertz CT molecular complexity index is 1190. The number of carbonyl (C=O) groups is 3. The van der Waals surface area contributed by atoms with E-state index in [2.05, 4.69) is 5.32 Å². The quantitative estimate of drug-likeness (QED) is 0.265. The fourth-order valence-electron chi connectivity index (χ4n) is 3.07. The van der Waals surface area contributed by atoms with E-state index in [1.54, 1.807) is 48.5 Å². The minimum Gasteiger partial charge on any atom is -0.454 e. The highest BCUT2D eigenvalue weighted by Crippen LogP contribution is 2.34. The molecule has 1 aliphatic rings. The standard InChI is InChI=1S/C24H21NO6S2/c1-2-16-8-10-22(33-16)18(26)12-29-24(28)17-5-3-4-6-21(17)32-13-23(27)25-15-7-9-19-20(11-15)31-14-30-19/h3-11H,2,12-14H2,1H3,(H,25,27). The zero-order chi connectivity index (χ0) is 23.2. The van der Waals surface area contributed by atoms with Gasteiger partial charge < -0.3 is 19.5 Å². The SMILES string of the molecule is CCc1ccc(C(=O)COC(=O)c2ccccc2SCC(=O)Nc2ccc3c(c2)OCO3)s1. The summed E-state index contributed by atoms with van der Waals surface area (Å²) in [5.41, 5.74) is 0.905. The molecule has 1 aliphatic heterocycles. The van der Waals surface area contributed by atoms with Crippen LogP contribution in [-0.4, -0.2) is 36.8 Å². The van der Waals surface area contributed by atoms with E-state index in [4.69, 9.17) is 14.2 Å². The van der Waals surface area contributed by atoms with E-state index < -0.39 is 5.97 Å². The molecule has 3 aromatic rings. The van der Waals surface area contributed by atoms with E-state index in [0.29, 0.717) is 32.5 Å². The van der Waals surface area contributed by atoms with E-state index in [-0.39, 0.29) is 30.8 Å². The number of amides is 1. The highest BCUT2D eigenvalue weighted by atomic mass is 32.2. The lowest BCUT2D eigenvalue weighted by atomic mass is 10.2. The molecule has 0 aliphatic carbocycles. The zero-order valence-corrected chi connectivity index (χ0v) is 19.4. The number of nitrogens with one attached hydrogen (secondary N) is 1. The maximum absolute atomic E-state index is 12.6. The Hall–Kier alpha value is -3.30. The average Bonchev–Trinajstić information content (AvgIpc) is 3.50. The van der Waals surface area contributed by atoms with Gasteiger partial charge in [0.15, 0.2) is 18.1 Å². The van der Waals surface area contributed by atoms with Crippen molar-refractivity contribution in [2.75, 3.05) is 24.5 Å². The molecule has 9 heteroatoms. The number of carbonyl (C=O) groups excluding carboxylic acids is 3. The van der Waals surface area contributed by atoms with Crippen LogP contribution in [0.1, 0.15) is 31.8 Å². The Morgan fingerprint density at radius 2 is 1.88 bits per heavy atom. The van der Waals surface area contributed by atoms with Crippen LogP contribution in [-0.2, 0) is 16.0 Å². The summed E-state index contributed by atoms with van der Waals surface area (Å²) >= 11 is 2.62. The second-order valence-corrected chi connectivity index (χ2v) is 9.21. The van der Waals surface area contributed by atoms with E-state index in [1.165, 1.54) is 23.1 Å². The Morgan fingerprint density at radius 3 is 2.70 bits per heavy atom. The summed E-state index contributed by atoms with van der Waals surface area (Å²) in [6.45, 7) is 1.85. The molecular formula is C24H21NO6S2. The average molecular weight is 484 g/mol. The van der Waals surface area contributed by atoms with E-state index in [1.807, 2.05) is 13.0 Å². The van der Waals surface area contributed by atoms with Crippen molar-refractivity contribution in [3.63, 3.8) is 0 Å². The summed E-state index contributed by atoms with van der Waals surface area (Å²) in [6, 6.07) is 15.7. The minimum atomic E-state index is -0.602. The summed E-state index contributed by atoms with van der Waals surface area (Å²) in [5, 5.41) is 2.80. The summed E-state index contributed by atoms with van der Waals surface area (Å²) in [7, 11) is 0. The molecule has 7 nitrogen and oxygen atoms in total. The van der Waals surface area contributed by atoms with Crippen LogP contribution in [0, 0.1) is 0 Å². The van der Waals surface area contributed by atoms with Crippen LogP contribution >= 0.6 is 23.1 Å². The van der Waals surface area contributed by atoms with Gasteiger partial charge >= 0.3 is 5.97 Å². The third-order valence-electron chi connectivity index (χ3n) is 4.74. The Kier molecular flexibility index (Phi) is 7.31. The van der Waals surface area contributed by atoms with Crippen LogP contribution in [0.25, 0.3) is 0 Å². The van der Waals surface area contributed by atoms with Gasteiger partial charge in [0.05, 0.1) is 16.2 Å². The van der Waals surface area contributed by atoms with Gasteiger partial charge in [0.2, 0.25) is 18.5 Å². The van der Waals surface area contributed by atoms with Gasteiger partial charge in [0.1, 0.15) is 0 Å². The maximum Gasteiger partial charge on any atom is 0.339 e. The Labute approximate surface area is 199 Å². The number of ketones is 1. The number of thiophene rings is 1. The number of esters is 1. The van der Waals surface area contributed by atoms with Crippen molar-refractivity contribution in [2.45, 2.75) is 18.2 Å². The van der Waals surface area contributed by atoms with Gasteiger partial charge in [-0.15, -0.1) is 23.1 Å². The first-order chi connectivity index (χ1) is 16.0. The molecule has 0 fully saturated rings. The molecule has 33 heavy (non-hydrogen) atoms. The number of hydrogen-bond donors (Lipinski definition) is 1. The molecule has 2 heterocycles. The smallest absolute Gasteiger partial charge is 0.339 e. The lowest BCUT2D eigenvalue weighted by molar-refractivity contribution is -0.113. The maximum atomic E-state index is 12.6. The van der Waals surface area contributed by atoms with Crippen molar-refractivity contribution < 1.29 is 28.6 Å². The molecule has 2 aromatic carbocycles. The Morgan fingerprint density at radius 1 is 1.06 bits per heavy atom. The van der Waals surface area contributed by atoms with Crippen molar-refractivity contribution in [3.8, 4) is 11.5 Å². The predicted octanol–water partition coefficient (Wildman–Crippen LogP) is 4.81. The first kappa shape index (κ1) is 22.9. The molecule has 0 saturated carbocycles. The van der Waals surface area contributed by atoms with Gasteiger partial charge in [-0.3, -0.25) is 9.59 Å². The molecule has 0 bridgehead atoms. The number of anilines is 1. The molecule has 0 unspecified atom stereocenters. The number of thioether (sulfide) groups is 1. The van der Waals surface area contributed by atoms with Crippen molar-refractivity contribution >= 4 is 46.4 Å².